The molecule has 0 amide bonds. The lowest BCUT2D eigenvalue weighted by molar-refractivity contribution is -0.182. The third kappa shape index (κ3) is 3.06. The van der Waals surface area contributed by atoms with Crippen molar-refractivity contribution in [2.75, 3.05) is 18.8 Å². The van der Waals surface area contributed by atoms with Gasteiger partial charge in [-0.25, -0.2) is 8.42 Å². The van der Waals surface area contributed by atoms with E-state index in [1.807, 2.05) is 0 Å². The van der Waals surface area contributed by atoms with Crippen molar-refractivity contribution in [1.82, 2.24) is 4.31 Å². The monoisotopic (exact) mass is 308 g/mol. The van der Waals surface area contributed by atoms with Crippen LogP contribution in [0.2, 0.25) is 0 Å². The van der Waals surface area contributed by atoms with Gasteiger partial charge in [0.05, 0.1) is 10.8 Å². The average Bonchev–Trinajstić information content (AvgIpc) is 2.38. The van der Waals surface area contributed by atoms with Gasteiger partial charge >= 0.3 is 6.18 Å². The Balaban J connectivity index is 2.26. The first-order valence-corrected chi connectivity index (χ1v) is 7.57. The van der Waals surface area contributed by atoms with Crippen molar-refractivity contribution in [3.63, 3.8) is 0 Å². The first-order chi connectivity index (χ1) is 9.21. The zero-order chi connectivity index (χ0) is 15.0. The molecule has 0 aliphatic carbocycles. The van der Waals surface area contributed by atoms with E-state index in [0.717, 1.165) is 4.31 Å². The first-order valence-electron chi connectivity index (χ1n) is 6.13. The number of hydrogen-bond acceptors (Lipinski definition) is 3. The van der Waals surface area contributed by atoms with E-state index < -0.39 is 28.7 Å². The number of benzene rings is 1. The number of piperidine rings is 1. The summed E-state index contributed by atoms with van der Waals surface area (Å²) in [4.78, 5) is -0.0691. The topological polar surface area (TPSA) is 63.4 Å². The molecule has 0 saturated carbocycles. The number of rotatable bonds is 2. The smallest absolute Gasteiger partial charge is 0.393 e. The Kier molecular flexibility index (Phi) is 3.97. The molecule has 1 aliphatic heterocycles. The fourth-order valence-corrected chi connectivity index (χ4v) is 3.83. The van der Waals surface area contributed by atoms with Crippen LogP contribution < -0.4 is 5.73 Å². The maximum Gasteiger partial charge on any atom is 0.393 e. The second-order valence-corrected chi connectivity index (χ2v) is 6.75. The van der Waals surface area contributed by atoms with E-state index >= 15 is 0 Å². The average molecular weight is 308 g/mol. The lowest BCUT2D eigenvalue weighted by atomic mass is 9.99. The highest BCUT2D eigenvalue weighted by molar-refractivity contribution is 7.89. The number of hydrogen-bond donors (Lipinski definition) is 1. The maximum atomic E-state index is 12.7. The van der Waals surface area contributed by atoms with Gasteiger partial charge < -0.3 is 5.73 Å². The zero-order valence-corrected chi connectivity index (χ0v) is 11.4. The van der Waals surface area contributed by atoms with Crippen LogP contribution in [0.5, 0.6) is 0 Å². The largest absolute Gasteiger partial charge is 0.399 e. The lowest BCUT2D eigenvalue weighted by Crippen LogP contribution is -2.44. The fourth-order valence-electron chi connectivity index (χ4n) is 2.25. The summed E-state index contributed by atoms with van der Waals surface area (Å²) in [5, 5.41) is 0. The van der Waals surface area contributed by atoms with Gasteiger partial charge in [-0.1, -0.05) is 6.07 Å². The van der Waals surface area contributed by atoms with Crippen LogP contribution in [0.25, 0.3) is 0 Å². The Labute approximate surface area is 115 Å². The molecule has 0 radical (unpaired) electrons. The molecule has 1 aromatic carbocycles. The highest BCUT2D eigenvalue weighted by Crippen LogP contribution is 2.35. The Morgan fingerprint density at radius 1 is 1.30 bits per heavy atom. The Morgan fingerprint density at radius 3 is 2.60 bits per heavy atom. The van der Waals surface area contributed by atoms with Gasteiger partial charge in [0, 0.05) is 18.8 Å². The van der Waals surface area contributed by atoms with Crippen molar-refractivity contribution < 1.29 is 21.6 Å². The number of anilines is 1. The molecule has 112 valence electrons. The molecular weight excluding hydrogens is 293 g/mol. The van der Waals surface area contributed by atoms with Gasteiger partial charge in [-0.15, -0.1) is 0 Å². The quantitative estimate of drug-likeness (QED) is 0.852. The van der Waals surface area contributed by atoms with E-state index in [1.54, 1.807) is 0 Å². The number of halogens is 3. The molecule has 20 heavy (non-hydrogen) atoms. The Hall–Kier alpha value is -1.28. The molecule has 1 aliphatic rings. The van der Waals surface area contributed by atoms with Crippen LogP contribution >= 0.6 is 0 Å². The molecule has 0 aromatic heterocycles. The molecule has 0 spiro atoms. The van der Waals surface area contributed by atoms with Crippen LogP contribution in [0.3, 0.4) is 0 Å². The second-order valence-electron chi connectivity index (χ2n) is 4.82. The van der Waals surface area contributed by atoms with Gasteiger partial charge in [-0.2, -0.15) is 17.5 Å². The molecule has 1 atom stereocenters. The molecule has 1 fully saturated rings. The molecule has 8 heteroatoms. The molecule has 1 heterocycles. The summed E-state index contributed by atoms with van der Waals surface area (Å²) in [6.07, 6.45) is -4.21. The van der Waals surface area contributed by atoms with Gasteiger partial charge in [0.1, 0.15) is 0 Å². The minimum atomic E-state index is -4.37. The minimum absolute atomic E-state index is 0.0353. The van der Waals surface area contributed by atoms with E-state index in [-0.39, 0.29) is 30.0 Å². The number of sulfonamides is 1. The molecule has 1 aromatic rings. The molecule has 1 unspecified atom stereocenters. The van der Waals surface area contributed by atoms with E-state index in [1.165, 1.54) is 24.3 Å². The number of alkyl halides is 3. The van der Waals surface area contributed by atoms with Crippen LogP contribution in [0.1, 0.15) is 12.8 Å². The van der Waals surface area contributed by atoms with Crippen LogP contribution in [0.4, 0.5) is 18.9 Å². The third-order valence-corrected chi connectivity index (χ3v) is 5.20. The molecule has 0 bridgehead atoms. The summed E-state index contributed by atoms with van der Waals surface area (Å²) < 4.78 is 63.7. The van der Waals surface area contributed by atoms with E-state index in [9.17, 15) is 21.6 Å². The van der Waals surface area contributed by atoms with Crippen molar-refractivity contribution >= 4 is 15.7 Å². The fraction of sp³-hybridized carbons (Fsp3) is 0.500. The summed E-state index contributed by atoms with van der Waals surface area (Å²) >= 11 is 0. The number of nitrogens with two attached hydrogens (primary N) is 1. The summed E-state index contributed by atoms with van der Waals surface area (Å²) in [5.41, 5.74) is 5.78. The van der Waals surface area contributed by atoms with Crippen LogP contribution in [-0.2, 0) is 10.0 Å². The van der Waals surface area contributed by atoms with Crippen molar-refractivity contribution in [2.24, 2.45) is 5.92 Å². The molecule has 2 N–H and O–H groups in total. The summed E-state index contributed by atoms with van der Waals surface area (Å²) in [7, 11) is -3.92. The summed E-state index contributed by atoms with van der Waals surface area (Å²) in [6, 6.07) is 5.58. The Bertz CT molecular complexity index is 587. The van der Waals surface area contributed by atoms with Gasteiger partial charge in [0.25, 0.3) is 0 Å². The summed E-state index contributed by atoms with van der Waals surface area (Å²) in [6.45, 7) is -0.426. The molecule has 4 nitrogen and oxygen atoms in total. The predicted molar refractivity (Wildman–Crippen MR) is 68.4 cm³/mol. The SMILES string of the molecule is Nc1cccc(S(=O)(=O)N2CCCC(C(F)(F)F)C2)c1. The molecular formula is C12H15F3N2O2S. The standard InChI is InChI=1S/C12H15F3N2O2S/c13-12(14,15)9-3-2-6-17(8-9)20(18,19)11-5-1-4-10(16)7-11/h1,4-5,7,9H,2-3,6,8,16H2. The molecule has 2 rings (SSSR count). The highest BCUT2D eigenvalue weighted by Gasteiger charge is 2.44. The van der Waals surface area contributed by atoms with E-state index in [4.69, 9.17) is 5.73 Å². The van der Waals surface area contributed by atoms with Crippen molar-refractivity contribution in [1.29, 1.82) is 0 Å². The van der Waals surface area contributed by atoms with E-state index in [2.05, 4.69) is 0 Å². The van der Waals surface area contributed by atoms with Crippen LogP contribution in [-0.4, -0.2) is 32.0 Å². The molecule has 1 saturated heterocycles. The lowest BCUT2D eigenvalue weighted by Gasteiger charge is -2.32. The van der Waals surface area contributed by atoms with Gasteiger partial charge in [-0.3, -0.25) is 0 Å². The number of nitrogens with zero attached hydrogens (tertiary/aromatic N) is 1. The van der Waals surface area contributed by atoms with Gasteiger partial charge in [-0.05, 0) is 31.0 Å². The van der Waals surface area contributed by atoms with E-state index in [0.29, 0.717) is 0 Å². The minimum Gasteiger partial charge on any atom is -0.399 e. The maximum absolute atomic E-state index is 12.7. The Morgan fingerprint density at radius 2 is 2.00 bits per heavy atom. The first kappa shape index (κ1) is 15.1. The normalized spacial score (nSPS) is 21.9. The second kappa shape index (κ2) is 5.25. The third-order valence-electron chi connectivity index (χ3n) is 3.34. The highest BCUT2D eigenvalue weighted by atomic mass is 32.2. The van der Waals surface area contributed by atoms with Crippen molar-refractivity contribution in [3.8, 4) is 0 Å². The van der Waals surface area contributed by atoms with Crippen molar-refractivity contribution in [2.45, 2.75) is 23.9 Å². The summed E-state index contributed by atoms with van der Waals surface area (Å²) in [5.74, 6) is -1.60. The zero-order valence-electron chi connectivity index (χ0n) is 10.6. The van der Waals surface area contributed by atoms with Gasteiger partial charge in [0.15, 0.2) is 0 Å². The number of nitrogen functional groups attached to an aromatic ring is 1. The van der Waals surface area contributed by atoms with Crippen molar-refractivity contribution in [3.05, 3.63) is 24.3 Å². The predicted octanol–water partition coefficient (Wildman–Crippen LogP) is 2.23. The van der Waals surface area contributed by atoms with Gasteiger partial charge in [0.2, 0.25) is 10.0 Å². The van der Waals surface area contributed by atoms with Crippen LogP contribution in [0.15, 0.2) is 29.2 Å². The van der Waals surface area contributed by atoms with Crippen LogP contribution in [0, 0.1) is 5.92 Å².